The minimum Gasteiger partial charge on any atom is -0.480 e. The molecule has 2 rings (SSSR count). The molecule has 0 bridgehead atoms. The van der Waals surface area contributed by atoms with Crippen molar-refractivity contribution < 1.29 is 24.3 Å². The van der Waals surface area contributed by atoms with Crippen LogP contribution in [-0.4, -0.2) is 45.8 Å². The van der Waals surface area contributed by atoms with Crippen LogP contribution in [0.25, 0.3) is 0 Å². The lowest BCUT2D eigenvalue weighted by molar-refractivity contribution is -0.141. The molecule has 0 radical (unpaired) electrons. The molecule has 0 aliphatic carbocycles. The fourth-order valence-electron chi connectivity index (χ4n) is 2.21. The number of aliphatic carboxylic acids is 1. The van der Waals surface area contributed by atoms with Gasteiger partial charge in [-0.15, -0.1) is 0 Å². The number of benzene rings is 2. The van der Waals surface area contributed by atoms with Gasteiger partial charge >= 0.3 is 5.97 Å². The highest BCUT2D eigenvalue weighted by molar-refractivity contribution is 8.14. The normalized spacial score (nSPS) is 12.5. The van der Waals surface area contributed by atoms with Crippen LogP contribution in [0.5, 0.6) is 0 Å². The molecule has 8 heteroatoms. The summed E-state index contributed by atoms with van der Waals surface area (Å²) < 4.78 is 0. The van der Waals surface area contributed by atoms with Crippen LogP contribution in [-0.2, 0) is 9.59 Å². The molecule has 2 amide bonds. The molecule has 7 nitrogen and oxygen atoms in total. The van der Waals surface area contributed by atoms with Gasteiger partial charge in [-0.3, -0.25) is 19.2 Å². The molecule has 0 aliphatic rings. The van der Waals surface area contributed by atoms with E-state index in [9.17, 15) is 19.2 Å². The highest BCUT2D eigenvalue weighted by Crippen LogP contribution is 2.14. The van der Waals surface area contributed by atoms with E-state index in [1.807, 2.05) is 0 Å². The first kappa shape index (κ1) is 21.2. The Morgan fingerprint density at radius 3 is 1.96 bits per heavy atom. The van der Waals surface area contributed by atoms with E-state index in [0.29, 0.717) is 11.1 Å². The number of hydrogen-bond acceptors (Lipinski definition) is 5. The van der Waals surface area contributed by atoms with Gasteiger partial charge in [-0.1, -0.05) is 60.3 Å². The van der Waals surface area contributed by atoms with E-state index in [0.717, 1.165) is 11.8 Å². The van der Waals surface area contributed by atoms with Gasteiger partial charge in [0.25, 0.3) is 5.91 Å². The molecule has 3 N–H and O–H groups in total. The summed E-state index contributed by atoms with van der Waals surface area (Å²) in [6.45, 7) is 1.32. The largest absolute Gasteiger partial charge is 0.480 e. The summed E-state index contributed by atoms with van der Waals surface area (Å²) >= 11 is 0.877. The zero-order valence-corrected chi connectivity index (χ0v) is 15.9. The fourth-order valence-corrected chi connectivity index (χ4v) is 3.06. The van der Waals surface area contributed by atoms with Crippen molar-refractivity contribution in [1.82, 2.24) is 10.6 Å². The van der Waals surface area contributed by atoms with Crippen LogP contribution in [0.2, 0.25) is 0 Å². The lowest BCUT2D eigenvalue weighted by atomic mass is 10.2. The average Bonchev–Trinajstić information content (AvgIpc) is 2.71. The topological polar surface area (TPSA) is 113 Å². The summed E-state index contributed by atoms with van der Waals surface area (Å²) in [6.07, 6.45) is 0. The zero-order valence-electron chi connectivity index (χ0n) is 15.1. The molecule has 0 aromatic heterocycles. The maximum absolute atomic E-state index is 12.5. The molecule has 0 spiro atoms. The van der Waals surface area contributed by atoms with Gasteiger partial charge in [0.2, 0.25) is 11.0 Å². The number of rotatable bonds is 8. The van der Waals surface area contributed by atoms with E-state index in [1.165, 1.54) is 6.92 Å². The Morgan fingerprint density at radius 2 is 1.43 bits per heavy atom. The number of carbonyl (C=O) groups is 4. The van der Waals surface area contributed by atoms with Crippen LogP contribution >= 0.6 is 11.8 Å². The van der Waals surface area contributed by atoms with Gasteiger partial charge in [0, 0.05) is 16.9 Å². The number of amides is 2. The molecular formula is C20H20N2O5S. The summed E-state index contributed by atoms with van der Waals surface area (Å²) in [4.78, 5) is 48.1. The van der Waals surface area contributed by atoms with Gasteiger partial charge in [0.05, 0.1) is 0 Å². The Kier molecular flexibility index (Phi) is 7.76. The molecule has 1 unspecified atom stereocenters. The number of carbonyl (C=O) groups excluding carboxylic acids is 3. The average molecular weight is 400 g/mol. The Labute approximate surface area is 166 Å². The SMILES string of the molecule is CC(NC(=O)[C@H](CSC(=O)c1ccccc1)NC(=O)c1ccccc1)C(=O)O. The minimum absolute atomic E-state index is 0.0372. The summed E-state index contributed by atoms with van der Waals surface area (Å²) in [5.41, 5.74) is 0.825. The molecule has 2 atom stereocenters. The van der Waals surface area contributed by atoms with Gasteiger partial charge in [-0.2, -0.15) is 0 Å². The van der Waals surface area contributed by atoms with Gasteiger partial charge in [0.15, 0.2) is 0 Å². The summed E-state index contributed by atoms with van der Waals surface area (Å²) in [6, 6.07) is 14.6. The van der Waals surface area contributed by atoms with Gasteiger partial charge in [-0.25, -0.2) is 0 Å². The summed E-state index contributed by atoms with van der Waals surface area (Å²) in [7, 11) is 0. The van der Waals surface area contributed by atoms with E-state index in [4.69, 9.17) is 5.11 Å². The van der Waals surface area contributed by atoms with Crippen molar-refractivity contribution in [2.24, 2.45) is 0 Å². The quantitative estimate of drug-likeness (QED) is 0.624. The maximum atomic E-state index is 12.5. The summed E-state index contributed by atoms with van der Waals surface area (Å²) in [5, 5.41) is 13.6. The zero-order chi connectivity index (χ0) is 20.5. The fraction of sp³-hybridized carbons (Fsp3) is 0.200. The maximum Gasteiger partial charge on any atom is 0.325 e. The Balaban J connectivity index is 2.08. The van der Waals surface area contributed by atoms with Crippen molar-refractivity contribution in [2.45, 2.75) is 19.0 Å². The van der Waals surface area contributed by atoms with Crippen molar-refractivity contribution in [1.29, 1.82) is 0 Å². The van der Waals surface area contributed by atoms with E-state index < -0.39 is 29.9 Å². The molecule has 28 heavy (non-hydrogen) atoms. The number of carboxylic acids is 1. The molecule has 0 aliphatic heterocycles. The molecule has 0 fully saturated rings. The molecule has 146 valence electrons. The van der Waals surface area contributed by atoms with Crippen LogP contribution in [0.15, 0.2) is 60.7 Å². The first-order valence-corrected chi connectivity index (χ1v) is 9.48. The van der Waals surface area contributed by atoms with E-state index in [-0.39, 0.29) is 10.9 Å². The Morgan fingerprint density at radius 1 is 0.893 bits per heavy atom. The first-order valence-electron chi connectivity index (χ1n) is 8.49. The van der Waals surface area contributed by atoms with Crippen LogP contribution in [0.4, 0.5) is 0 Å². The van der Waals surface area contributed by atoms with E-state index in [2.05, 4.69) is 10.6 Å². The second-order valence-corrected chi connectivity index (χ2v) is 6.92. The van der Waals surface area contributed by atoms with Gasteiger partial charge in [-0.05, 0) is 19.1 Å². The highest BCUT2D eigenvalue weighted by Gasteiger charge is 2.25. The second kappa shape index (κ2) is 10.3. The Bertz CT molecular complexity index is 842. The van der Waals surface area contributed by atoms with Crippen LogP contribution in [0.1, 0.15) is 27.6 Å². The van der Waals surface area contributed by atoms with Crippen LogP contribution in [0.3, 0.4) is 0 Å². The van der Waals surface area contributed by atoms with E-state index >= 15 is 0 Å². The monoisotopic (exact) mass is 400 g/mol. The van der Waals surface area contributed by atoms with Gasteiger partial charge < -0.3 is 15.7 Å². The molecular weight excluding hydrogens is 380 g/mol. The molecule has 2 aromatic rings. The predicted molar refractivity (Wildman–Crippen MR) is 106 cm³/mol. The predicted octanol–water partition coefficient (Wildman–Crippen LogP) is 1.95. The molecule has 0 heterocycles. The third-order valence-corrected chi connectivity index (χ3v) is 4.78. The third-order valence-electron chi connectivity index (χ3n) is 3.78. The van der Waals surface area contributed by atoms with Crippen LogP contribution in [0, 0.1) is 0 Å². The van der Waals surface area contributed by atoms with Crippen LogP contribution < -0.4 is 10.6 Å². The van der Waals surface area contributed by atoms with Crippen molar-refractivity contribution in [3.8, 4) is 0 Å². The second-order valence-electron chi connectivity index (χ2n) is 5.93. The van der Waals surface area contributed by atoms with Crippen molar-refractivity contribution in [2.75, 3.05) is 5.75 Å². The standard InChI is InChI=1S/C20H20N2O5S/c1-13(19(25)26)21-18(24)16(22-17(23)14-8-4-2-5-9-14)12-28-20(27)15-10-6-3-7-11-15/h2-11,13,16H,12H2,1H3,(H,21,24)(H,22,23)(H,25,26)/t13?,16-/m0/s1. The lowest BCUT2D eigenvalue weighted by Gasteiger charge is -2.19. The van der Waals surface area contributed by atoms with Crippen molar-refractivity contribution >= 4 is 34.7 Å². The number of carboxylic acid groups (broad SMARTS) is 1. The number of nitrogens with one attached hydrogen (secondary N) is 2. The van der Waals surface area contributed by atoms with E-state index in [1.54, 1.807) is 60.7 Å². The molecule has 0 saturated heterocycles. The first-order chi connectivity index (χ1) is 13.4. The smallest absolute Gasteiger partial charge is 0.325 e. The minimum atomic E-state index is -1.20. The van der Waals surface area contributed by atoms with Gasteiger partial charge in [0.1, 0.15) is 12.1 Å². The number of hydrogen-bond donors (Lipinski definition) is 3. The van der Waals surface area contributed by atoms with Crippen molar-refractivity contribution in [3.05, 3.63) is 71.8 Å². The summed E-state index contributed by atoms with van der Waals surface area (Å²) in [5.74, 6) is -2.40. The lowest BCUT2D eigenvalue weighted by Crippen LogP contribution is -2.52. The molecule has 0 saturated carbocycles. The van der Waals surface area contributed by atoms with Crippen molar-refractivity contribution in [3.63, 3.8) is 0 Å². The third kappa shape index (κ3) is 6.24. The molecule has 2 aromatic carbocycles. The Hall–Kier alpha value is -3.13. The number of thioether (sulfide) groups is 1. The highest BCUT2D eigenvalue weighted by atomic mass is 32.2.